The van der Waals surface area contributed by atoms with E-state index in [4.69, 9.17) is 0 Å². The zero-order valence-electron chi connectivity index (χ0n) is 14.0. The van der Waals surface area contributed by atoms with E-state index in [2.05, 4.69) is 26.9 Å². The minimum absolute atomic E-state index is 0.218. The van der Waals surface area contributed by atoms with E-state index < -0.39 is 0 Å². The van der Waals surface area contributed by atoms with Crippen molar-refractivity contribution in [2.75, 3.05) is 6.54 Å². The molecule has 2 heterocycles. The van der Waals surface area contributed by atoms with Crippen molar-refractivity contribution in [1.29, 1.82) is 0 Å². The summed E-state index contributed by atoms with van der Waals surface area (Å²) in [7, 11) is 0. The molecule has 1 aromatic carbocycles. The topological polar surface area (TPSA) is 51.0 Å². The molecule has 126 valence electrons. The van der Waals surface area contributed by atoms with E-state index in [-0.39, 0.29) is 5.92 Å². The molecule has 1 aliphatic heterocycles. The molecular weight excluding hydrogens is 300 g/mol. The molecule has 1 fully saturated rings. The lowest BCUT2D eigenvalue weighted by molar-refractivity contribution is -0.137. The fourth-order valence-electron chi connectivity index (χ4n) is 3.93. The number of hydrogen-bond acceptors (Lipinski definition) is 3. The Labute approximate surface area is 142 Å². The summed E-state index contributed by atoms with van der Waals surface area (Å²) in [4.78, 5) is 14.9. The summed E-state index contributed by atoms with van der Waals surface area (Å²) in [5, 5.41) is 8.71. The Bertz CT molecular complexity index is 701. The van der Waals surface area contributed by atoms with Crippen LogP contribution in [-0.4, -0.2) is 32.1 Å². The van der Waals surface area contributed by atoms with Crippen LogP contribution in [0.5, 0.6) is 0 Å². The molecule has 2 aromatic rings. The molecule has 24 heavy (non-hydrogen) atoms. The zero-order valence-corrected chi connectivity index (χ0v) is 14.0. The minimum atomic E-state index is 0.218. The van der Waals surface area contributed by atoms with E-state index in [0.717, 1.165) is 43.1 Å². The van der Waals surface area contributed by atoms with Gasteiger partial charge in [-0.25, -0.2) is 0 Å². The fraction of sp³-hybridized carbons (Fsp3) is 0.526. The van der Waals surface area contributed by atoms with Crippen LogP contribution < -0.4 is 0 Å². The van der Waals surface area contributed by atoms with Gasteiger partial charge < -0.3 is 9.47 Å². The lowest BCUT2D eigenvalue weighted by Gasteiger charge is -2.30. The lowest BCUT2D eigenvalue weighted by Crippen LogP contribution is -2.41. The Morgan fingerprint density at radius 2 is 1.71 bits per heavy atom. The maximum atomic E-state index is 12.9. The molecular formula is C19H24N4O. The van der Waals surface area contributed by atoms with Gasteiger partial charge >= 0.3 is 0 Å². The van der Waals surface area contributed by atoms with Crippen LogP contribution in [0, 0.1) is 5.92 Å². The average molecular weight is 324 g/mol. The zero-order chi connectivity index (χ0) is 16.4. The molecule has 0 saturated heterocycles. The second kappa shape index (κ2) is 6.75. The molecule has 0 atom stereocenters. The smallest absolute Gasteiger partial charge is 0.226 e. The van der Waals surface area contributed by atoms with Crippen molar-refractivity contribution in [3.8, 4) is 11.4 Å². The first-order chi connectivity index (χ1) is 11.8. The monoisotopic (exact) mass is 324 g/mol. The summed E-state index contributed by atoms with van der Waals surface area (Å²) >= 11 is 0. The molecule has 1 aromatic heterocycles. The minimum Gasteiger partial charge on any atom is -0.333 e. The first kappa shape index (κ1) is 15.4. The second-order valence-corrected chi connectivity index (χ2v) is 6.91. The predicted octanol–water partition coefficient (Wildman–Crippen LogP) is 3.26. The lowest BCUT2D eigenvalue weighted by atomic mass is 9.98. The molecule has 0 radical (unpaired) electrons. The number of amides is 1. The van der Waals surface area contributed by atoms with E-state index in [0.29, 0.717) is 12.5 Å². The van der Waals surface area contributed by atoms with Gasteiger partial charge in [0.2, 0.25) is 5.91 Å². The van der Waals surface area contributed by atoms with Crippen molar-refractivity contribution in [2.24, 2.45) is 5.92 Å². The molecule has 0 bridgehead atoms. The Hall–Kier alpha value is -2.17. The molecule has 1 saturated carbocycles. The van der Waals surface area contributed by atoms with E-state index in [9.17, 15) is 4.79 Å². The maximum Gasteiger partial charge on any atom is 0.226 e. The second-order valence-electron chi connectivity index (χ2n) is 6.91. The standard InChI is InChI=1S/C19H24N4O/c24-19(16-10-4-1-2-5-11-16)22-12-13-23-17(14-22)20-21-18(23)15-8-6-3-7-9-15/h3,6-9,16H,1-2,4-5,10-14H2. The first-order valence-corrected chi connectivity index (χ1v) is 9.09. The van der Waals surface area contributed by atoms with E-state index in [1.54, 1.807) is 0 Å². The summed E-state index contributed by atoms with van der Waals surface area (Å²) in [5.41, 5.74) is 1.08. The molecule has 0 spiro atoms. The van der Waals surface area contributed by atoms with Gasteiger partial charge in [-0.2, -0.15) is 0 Å². The molecule has 0 unspecified atom stereocenters. The van der Waals surface area contributed by atoms with Crippen LogP contribution in [0.15, 0.2) is 30.3 Å². The number of rotatable bonds is 2. The fourth-order valence-corrected chi connectivity index (χ4v) is 3.93. The number of benzene rings is 1. The SMILES string of the molecule is O=C(C1CCCCCC1)N1CCn2c(nnc2-c2ccccc2)C1. The molecule has 1 amide bonds. The van der Waals surface area contributed by atoms with Crippen molar-refractivity contribution in [3.63, 3.8) is 0 Å². The highest BCUT2D eigenvalue weighted by Crippen LogP contribution is 2.27. The van der Waals surface area contributed by atoms with Crippen molar-refractivity contribution in [1.82, 2.24) is 19.7 Å². The van der Waals surface area contributed by atoms with Gasteiger partial charge in [-0.15, -0.1) is 10.2 Å². The van der Waals surface area contributed by atoms with Gasteiger partial charge in [-0.1, -0.05) is 56.0 Å². The highest BCUT2D eigenvalue weighted by Gasteiger charge is 2.29. The highest BCUT2D eigenvalue weighted by atomic mass is 16.2. The van der Waals surface area contributed by atoms with Gasteiger partial charge in [0.15, 0.2) is 11.6 Å². The number of carbonyl (C=O) groups excluding carboxylic acids is 1. The Morgan fingerprint density at radius 1 is 0.958 bits per heavy atom. The summed E-state index contributed by atoms with van der Waals surface area (Å²) < 4.78 is 2.16. The van der Waals surface area contributed by atoms with Crippen LogP contribution >= 0.6 is 0 Å². The van der Waals surface area contributed by atoms with Crippen LogP contribution in [0.4, 0.5) is 0 Å². The quantitative estimate of drug-likeness (QED) is 0.797. The van der Waals surface area contributed by atoms with Crippen LogP contribution in [0.25, 0.3) is 11.4 Å². The van der Waals surface area contributed by atoms with Crippen LogP contribution in [0.3, 0.4) is 0 Å². The van der Waals surface area contributed by atoms with Crippen molar-refractivity contribution in [2.45, 2.75) is 51.6 Å². The Morgan fingerprint density at radius 3 is 2.46 bits per heavy atom. The number of fused-ring (bicyclic) bond motifs is 1. The van der Waals surface area contributed by atoms with E-state index in [1.807, 2.05) is 23.1 Å². The number of hydrogen-bond donors (Lipinski definition) is 0. The summed E-state index contributed by atoms with van der Waals surface area (Å²) in [6.07, 6.45) is 7.04. The summed E-state index contributed by atoms with van der Waals surface area (Å²) in [5.74, 6) is 2.36. The third-order valence-corrected chi connectivity index (χ3v) is 5.30. The molecule has 5 nitrogen and oxygen atoms in total. The predicted molar refractivity (Wildman–Crippen MR) is 92.1 cm³/mol. The van der Waals surface area contributed by atoms with Gasteiger partial charge in [-0.3, -0.25) is 4.79 Å². The molecule has 2 aliphatic rings. The maximum absolute atomic E-state index is 12.9. The third-order valence-electron chi connectivity index (χ3n) is 5.30. The van der Waals surface area contributed by atoms with Crippen molar-refractivity contribution >= 4 is 5.91 Å². The van der Waals surface area contributed by atoms with Gasteiger partial charge in [0.25, 0.3) is 0 Å². The summed E-state index contributed by atoms with van der Waals surface area (Å²) in [6.45, 7) is 2.14. The van der Waals surface area contributed by atoms with Crippen LogP contribution in [-0.2, 0) is 17.9 Å². The number of nitrogens with zero attached hydrogens (tertiary/aromatic N) is 4. The van der Waals surface area contributed by atoms with E-state index in [1.165, 1.54) is 25.7 Å². The molecule has 0 N–H and O–H groups in total. The largest absolute Gasteiger partial charge is 0.333 e. The molecule has 5 heteroatoms. The average Bonchev–Trinajstić information content (AvgIpc) is 2.86. The van der Waals surface area contributed by atoms with Crippen LogP contribution in [0.2, 0.25) is 0 Å². The van der Waals surface area contributed by atoms with Gasteiger partial charge in [0, 0.05) is 24.6 Å². The van der Waals surface area contributed by atoms with Gasteiger partial charge in [-0.05, 0) is 12.8 Å². The van der Waals surface area contributed by atoms with Gasteiger partial charge in [0.1, 0.15) is 0 Å². The van der Waals surface area contributed by atoms with Crippen LogP contribution in [0.1, 0.15) is 44.3 Å². The molecule has 4 rings (SSSR count). The summed E-state index contributed by atoms with van der Waals surface area (Å²) in [6, 6.07) is 10.1. The number of carbonyl (C=O) groups is 1. The normalized spacial score (nSPS) is 18.9. The molecule has 1 aliphatic carbocycles. The third kappa shape index (κ3) is 2.95. The Kier molecular flexibility index (Phi) is 4.32. The van der Waals surface area contributed by atoms with Gasteiger partial charge in [0.05, 0.1) is 6.54 Å². The highest BCUT2D eigenvalue weighted by molar-refractivity contribution is 5.79. The first-order valence-electron chi connectivity index (χ1n) is 9.09. The van der Waals surface area contributed by atoms with Crippen molar-refractivity contribution < 1.29 is 4.79 Å². The van der Waals surface area contributed by atoms with Crippen molar-refractivity contribution in [3.05, 3.63) is 36.2 Å². The number of aromatic nitrogens is 3. The van der Waals surface area contributed by atoms with E-state index >= 15 is 0 Å². The Balaban J connectivity index is 1.50.